The van der Waals surface area contributed by atoms with E-state index in [9.17, 15) is 4.79 Å². The molecule has 108 valence electrons. The fraction of sp³-hybridized carbons (Fsp3) is 0.294. The van der Waals surface area contributed by atoms with Crippen LogP contribution in [0.15, 0.2) is 48.7 Å². The molecule has 0 aliphatic carbocycles. The van der Waals surface area contributed by atoms with E-state index in [-0.39, 0.29) is 12.0 Å². The van der Waals surface area contributed by atoms with Gasteiger partial charge in [-0.15, -0.1) is 0 Å². The Hall–Kier alpha value is -2.20. The quantitative estimate of drug-likeness (QED) is 0.937. The van der Waals surface area contributed by atoms with Crippen molar-refractivity contribution in [1.29, 1.82) is 0 Å². The molecule has 4 heteroatoms. The van der Waals surface area contributed by atoms with Crippen LogP contribution in [0.4, 0.5) is 0 Å². The van der Waals surface area contributed by atoms with Crippen LogP contribution in [0.1, 0.15) is 18.4 Å². The first kappa shape index (κ1) is 13.8. The molecule has 3 rings (SSSR count). The highest BCUT2D eigenvalue weighted by atomic mass is 16.5. The number of hydrogen-bond acceptors (Lipinski definition) is 3. The number of aromatic nitrogens is 1. The van der Waals surface area contributed by atoms with Gasteiger partial charge in [0.25, 0.3) is 0 Å². The number of ether oxygens (including phenoxy) is 1. The van der Waals surface area contributed by atoms with Gasteiger partial charge in [-0.25, -0.2) is 0 Å². The van der Waals surface area contributed by atoms with Gasteiger partial charge < -0.3 is 10.1 Å². The fourth-order valence-electron chi connectivity index (χ4n) is 2.52. The Labute approximate surface area is 124 Å². The lowest BCUT2D eigenvalue weighted by molar-refractivity contribution is -0.130. The summed E-state index contributed by atoms with van der Waals surface area (Å²) < 4.78 is 5.39. The molecular weight excluding hydrogens is 264 g/mol. The minimum atomic E-state index is -0.290. The number of carbonyl (C=O) groups excluding carboxylic acids is 1. The fourth-order valence-corrected chi connectivity index (χ4v) is 2.52. The molecule has 1 fully saturated rings. The molecule has 1 aromatic heterocycles. The first-order valence-electron chi connectivity index (χ1n) is 7.23. The highest BCUT2D eigenvalue weighted by Crippen LogP contribution is 2.20. The largest absolute Gasteiger partial charge is 0.368 e. The van der Waals surface area contributed by atoms with Gasteiger partial charge in [-0.1, -0.05) is 36.4 Å². The van der Waals surface area contributed by atoms with E-state index in [2.05, 4.69) is 10.3 Å². The zero-order chi connectivity index (χ0) is 14.5. The van der Waals surface area contributed by atoms with Gasteiger partial charge in [0.05, 0.1) is 5.69 Å². The number of benzene rings is 1. The molecule has 2 aromatic rings. The van der Waals surface area contributed by atoms with E-state index in [1.807, 2.05) is 42.5 Å². The minimum absolute atomic E-state index is 0.0321. The summed E-state index contributed by atoms with van der Waals surface area (Å²) in [5.74, 6) is -0.0321. The maximum absolute atomic E-state index is 12.0. The smallest absolute Gasteiger partial charge is 0.249 e. The van der Waals surface area contributed by atoms with E-state index in [1.165, 1.54) is 0 Å². The molecule has 1 aliphatic rings. The first-order chi connectivity index (χ1) is 10.3. The predicted octanol–water partition coefficient (Wildman–Crippen LogP) is 2.54. The predicted molar refractivity (Wildman–Crippen MR) is 80.5 cm³/mol. The van der Waals surface area contributed by atoms with E-state index in [0.29, 0.717) is 13.2 Å². The zero-order valence-electron chi connectivity index (χ0n) is 11.8. The molecule has 1 aromatic carbocycles. The molecule has 2 heterocycles. The van der Waals surface area contributed by atoms with Gasteiger partial charge in [0.1, 0.15) is 6.10 Å². The molecule has 1 amide bonds. The van der Waals surface area contributed by atoms with Crippen molar-refractivity contribution in [3.63, 3.8) is 0 Å². The number of nitrogens with zero attached hydrogens (tertiary/aromatic N) is 1. The van der Waals surface area contributed by atoms with Crippen LogP contribution in [0.5, 0.6) is 0 Å². The van der Waals surface area contributed by atoms with Gasteiger partial charge >= 0.3 is 0 Å². The number of carbonyl (C=O) groups is 1. The third-order valence-corrected chi connectivity index (χ3v) is 3.61. The molecule has 0 spiro atoms. The van der Waals surface area contributed by atoms with Crippen molar-refractivity contribution in [1.82, 2.24) is 10.3 Å². The van der Waals surface area contributed by atoms with Crippen molar-refractivity contribution >= 4 is 5.91 Å². The summed E-state index contributed by atoms with van der Waals surface area (Å²) in [5, 5.41) is 2.95. The lowest BCUT2D eigenvalue weighted by Gasteiger charge is -2.12. The lowest BCUT2D eigenvalue weighted by atomic mass is 10.1. The van der Waals surface area contributed by atoms with Crippen LogP contribution in [-0.2, 0) is 16.1 Å². The Bertz CT molecular complexity index is 607. The van der Waals surface area contributed by atoms with Crippen molar-refractivity contribution in [3.05, 3.63) is 54.2 Å². The van der Waals surface area contributed by atoms with Crippen molar-refractivity contribution < 1.29 is 9.53 Å². The van der Waals surface area contributed by atoms with Crippen LogP contribution in [-0.4, -0.2) is 23.6 Å². The van der Waals surface area contributed by atoms with Crippen LogP contribution in [0.25, 0.3) is 11.3 Å². The third kappa shape index (κ3) is 3.28. The Morgan fingerprint density at radius 2 is 2.10 bits per heavy atom. The SMILES string of the molecule is O=C(NCc1cccnc1-c1ccccc1)[C@H]1CCCO1. The number of rotatable bonds is 4. The van der Waals surface area contributed by atoms with E-state index in [0.717, 1.165) is 29.7 Å². The molecule has 1 saturated heterocycles. The van der Waals surface area contributed by atoms with Crippen LogP contribution in [0.3, 0.4) is 0 Å². The van der Waals surface area contributed by atoms with E-state index < -0.39 is 0 Å². The Morgan fingerprint density at radius 3 is 2.86 bits per heavy atom. The average Bonchev–Trinajstić information content (AvgIpc) is 3.08. The molecule has 1 aliphatic heterocycles. The van der Waals surface area contributed by atoms with Gasteiger partial charge in [-0.3, -0.25) is 9.78 Å². The van der Waals surface area contributed by atoms with Crippen molar-refractivity contribution in [2.24, 2.45) is 0 Å². The second-order valence-electron chi connectivity index (χ2n) is 5.10. The normalized spacial score (nSPS) is 17.6. The summed E-state index contributed by atoms with van der Waals surface area (Å²) in [6, 6.07) is 13.9. The number of pyridine rings is 1. The second-order valence-corrected chi connectivity index (χ2v) is 5.10. The molecule has 1 N–H and O–H groups in total. The van der Waals surface area contributed by atoms with Crippen LogP contribution < -0.4 is 5.32 Å². The molecule has 21 heavy (non-hydrogen) atoms. The molecule has 0 saturated carbocycles. The van der Waals surface area contributed by atoms with Gasteiger partial charge in [-0.2, -0.15) is 0 Å². The molecule has 0 bridgehead atoms. The first-order valence-corrected chi connectivity index (χ1v) is 7.23. The minimum Gasteiger partial charge on any atom is -0.368 e. The summed E-state index contributed by atoms with van der Waals surface area (Å²) in [6.07, 6.45) is 3.25. The number of nitrogens with one attached hydrogen (secondary N) is 1. The van der Waals surface area contributed by atoms with E-state index in [1.54, 1.807) is 6.20 Å². The highest BCUT2D eigenvalue weighted by Gasteiger charge is 2.23. The standard InChI is InChI=1S/C17H18N2O2/c20-17(15-9-5-11-21-15)19-12-14-8-4-10-18-16(14)13-6-2-1-3-7-13/h1-4,6-8,10,15H,5,9,11-12H2,(H,19,20)/t15-/m1/s1. The lowest BCUT2D eigenvalue weighted by Crippen LogP contribution is -2.33. The van der Waals surface area contributed by atoms with Crippen LogP contribution in [0.2, 0.25) is 0 Å². The Kier molecular flexibility index (Phi) is 4.26. The monoisotopic (exact) mass is 282 g/mol. The maximum atomic E-state index is 12.0. The van der Waals surface area contributed by atoms with Crippen LogP contribution in [0, 0.1) is 0 Å². The molecule has 1 atom stereocenters. The summed E-state index contributed by atoms with van der Waals surface area (Å²) in [6.45, 7) is 1.15. The average molecular weight is 282 g/mol. The maximum Gasteiger partial charge on any atom is 0.249 e. The molecule has 0 radical (unpaired) electrons. The highest BCUT2D eigenvalue weighted by molar-refractivity contribution is 5.81. The van der Waals surface area contributed by atoms with E-state index in [4.69, 9.17) is 4.74 Å². The molecular formula is C17H18N2O2. The summed E-state index contributed by atoms with van der Waals surface area (Å²) in [5.41, 5.74) is 2.97. The summed E-state index contributed by atoms with van der Waals surface area (Å²) >= 11 is 0. The van der Waals surface area contributed by atoms with Gasteiger partial charge in [-0.05, 0) is 24.5 Å². The second kappa shape index (κ2) is 6.50. The zero-order valence-corrected chi connectivity index (χ0v) is 11.8. The van der Waals surface area contributed by atoms with Crippen molar-refractivity contribution in [2.45, 2.75) is 25.5 Å². The number of amides is 1. The van der Waals surface area contributed by atoms with Gasteiger partial charge in [0, 0.05) is 24.9 Å². The van der Waals surface area contributed by atoms with Gasteiger partial charge in [0.15, 0.2) is 0 Å². The third-order valence-electron chi connectivity index (χ3n) is 3.61. The molecule has 0 unspecified atom stereocenters. The summed E-state index contributed by atoms with van der Waals surface area (Å²) in [4.78, 5) is 16.5. The number of hydrogen-bond donors (Lipinski definition) is 1. The van der Waals surface area contributed by atoms with E-state index >= 15 is 0 Å². The van der Waals surface area contributed by atoms with Crippen LogP contribution >= 0.6 is 0 Å². The Morgan fingerprint density at radius 1 is 1.24 bits per heavy atom. The van der Waals surface area contributed by atoms with Gasteiger partial charge in [0.2, 0.25) is 5.91 Å². The topological polar surface area (TPSA) is 51.2 Å². The Balaban J connectivity index is 1.72. The van der Waals surface area contributed by atoms with Crippen molar-refractivity contribution in [2.75, 3.05) is 6.61 Å². The van der Waals surface area contributed by atoms with Crippen molar-refractivity contribution in [3.8, 4) is 11.3 Å². The molecule has 4 nitrogen and oxygen atoms in total. The summed E-state index contributed by atoms with van der Waals surface area (Å²) in [7, 11) is 0.